The van der Waals surface area contributed by atoms with Crippen LogP contribution in [0.3, 0.4) is 0 Å². The van der Waals surface area contributed by atoms with Crippen molar-refractivity contribution in [1.29, 1.82) is 0 Å². The van der Waals surface area contributed by atoms with E-state index in [1.54, 1.807) is 0 Å². The zero-order chi connectivity index (χ0) is 22.1. The molecule has 160 valence electrons. The largest absolute Gasteiger partial charge is 0.351 e. The highest BCUT2D eigenvalue weighted by molar-refractivity contribution is 7.80. The summed E-state index contributed by atoms with van der Waals surface area (Å²) in [6.45, 7) is 11.4. The molecular formula is C25H28N4OS. The molecule has 1 N–H and O–H groups in total. The predicted octanol–water partition coefficient (Wildman–Crippen LogP) is 5.73. The molecule has 0 amide bonds. The first-order valence-electron chi connectivity index (χ1n) is 10.7. The highest BCUT2D eigenvalue weighted by Gasteiger charge is 2.33. The maximum atomic E-state index is 5.80. The Kier molecular flexibility index (Phi) is 5.92. The fourth-order valence-corrected chi connectivity index (χ4v) is 4.24. The molecule has 0 bridgehead atoms. The number of hydrogen-bond donors (Lipinski definition) is 1. The van der Waals surface area contributed by atoms with E-state index in [9.17, 15) is 0 Å². The molecule has 0 spiro atoms. The van der Waals surface area contributed by atoms with Gasteiger partial charge in [0, 0.05) is 17.8 Å². The summed E-state index contributed by atoms with van der Waals surface area (Å²) >= 11 is 5.72. The quantitative estimate of drug-likeness (QED) is 0.519. The third-order valence-corrected chi connectivity index (χ3v) is 6.21. The minimum Gasteiger partial charge on any atom is -0.351 e. The lowest BCUT2D eigenvalue weighted by Gasteiger charge is -2.37. The summed E-state index contributed by atoms with van der Waals surface area (Å²) in [4.78, 5) is 6.90. The van der Waals surface area contributed by atoms with Crippen LogP contribution in [0.15, 0.2) is 52.7 Å². The van der Waals surface area contributed by atoms with E-state index in [2.05, 4.69) is 80.3 Å². The van der Waals surface area contributed by atoms with Crippen LogP contribution >= 0.6 is 12.2 Å². The van der Waals surface area contributed by atoms with Gasteiger partial charge >= 0.3 is 0 Å². The summed E-state index contributed by atoms with van der Waals surface area (Å²) in [5, 5.41) is 8.52. The van der Waals surface area contributed by atoms with E-state index < -0.39 is 0 Å². The summed E-state index contributed by atoms with van der Waals surface area (Å²) in [5.74, 6) is 1.11. The summed E-state index contributed by atoms with van der Waals surface area (Å²) in [6, 6.07) is 14.5. The van der Waals surface area contributed by atoms with Crippen molar-refractivity contribution >= 4 is 22.9 Å². The monoisotopic (exact) mass is 432 g/mol. The molecule has 2 aromatic carbocycles. The van der Waals surface area contributed by atoms with E-state index in [4.69, 9.17) is 21.7 Å². The fraction of sp³-hybridized carbons (Fsp3) is 0.320. The van der Waals surface area contributed by atoms with Gasteiger partial charge in [-0.05, 0) is 63.0 Å². The summed E-state index contributed by atoms with van der Waals surface area (Å²) in [6.07, 6.45) is 0.985. The molecule has 1 atom stereocenters. The normalized spacial score (nSPS) is 16.6. The average Bonchev–Trinajstić information content (AvgIpc) is 3.23. The lowest BCUT2D eigenvalue weighted by molar-refractivity contribution is 0.396. The van der Waals surface area contributed by atoms with Crippen LogP contribution in [0.1, 0.15) is 54.5 Å². The first kappa shape index (κ1) is 21.2. The second-order valence-electron chi connectivity index (χ2n) is 8.17. The van der Waals surface area contributed by atoms with Gasteiger partial charge in [-0.2, -0.15) is 4.98 Å². The number of aromatic nitrogens is 2. The molecular weight excluding hydrogens is 404 g/mol. The van der Waals surface area contributed by atoms with E-state index in [1.807, 2.05) is 12.1 Å². The first-order chi connectivity index (χ1) is 14.9. The predicted molar refractivity (Wildman–Crippen MR) is 128 cm³/mol. The number of hydrogen-bond acceptors (Lipinski definition) is 4. The minimum atomic E-state index is -0.147. The van der Waals surface area contributed by atoms with Crippen molar-refractivity contribution in [2.45, 2.75) is 47.1 Å². The maximum absolute atomic E-state index is 5.80. The Labute approximate surface area is 189 Å². The molecule has 0 aliphatic carbocycles. The molecule has 1 aliphatic rings. The Hall–Kier alpha value is -2.99. The van der Waals surface area contributed by atoms with Gasteiger partial charge in [0.05, 0.1) is 11.6 Å². The Morgan fingerprint density at radius 1 is 1.03 bits per heavy atom. The number of thiocarbonyl (C=S) groups is 1. The van der Waals surface area contributed by atoms with Crippen LogP contribution in [0.25, 0.3) is 17.0 Å². The Morgan fingerprint density at radius 2 is 1.77 bits per heavy atom. The Balaban J connectivity index is 1.82. The molecule has 0 fully saturated rings. The second kappa shape index (κ2) is 8.63. The van der Waals surface area contributed by atoms with Crippen LogP contribution in [0, 0.1) is 20.8 Å². The molecule has 2 heterocycles. The van der Waals surface area contributed by atoms with Gasteiger partial charge in [-0.3, -0.25) is 0 Å². The fourth-order valence-electron chi connectivity index (χ4n) is 3.90. The van der Waals surface area contributed by atoms with Gasteiger partial charge in [0.2, 0.25) is 5.82 Å². The summed E-state index contributed by atoms with van der Waals surface area (Å²) < 4.78 is 5.80. The van der Waals surface area contributed by atoms with Crippen molar-refractivity contribution in [3.63, 3.8) is 0 Å². The smallest absolute Gasteiger partial charge is 0.258 e. The molecule has 0 saturated heterocycles. The summed E-state index contributed by atoms with van der Waals surface area (Å²) in [7, 11) is 0. The lowest BCUT2D eigenvalue weighted by atomic mass is 9.92. The van der Waals surface area contributed by atoms with Crippen LogP contribution in [-0.4, -0.2) is 26.7 Å². The van der Waals surface area contributed by atoms with Gasteiger partial charge < -0.3 is 14.7 Å². The number of allylic oxidation sites excluding steroid dienone is 1. The van der Waals surface area contributed by atoms with Gasteiger partial charge in [-0.15, -0.1) is 0 Å². The molecule has 1 unspecified atom stereocenters. The second-order valence-corrected chi connectivity index (χ2v) is 8.55. The molecule has 0 radical (unpaired) electrons. The zero-order valence-electron chi connectivity index (χ0n) is 18.7. The Bertz CT molecular complexity index is 1150. The standard InChI is InChI=1S/C25H28N4OS/c1-6-13-29-18(5)21(22(26-25(29)31)20-12-9-16(3)17(4)14-20)24-27-23(28-30-24)19-10-7-15(2)8-11-19/h7-12,14,22H,6,13H2,1-5H3,(H,26,31). The third kappa shape index (κ3) is 4.12. The molecule has 3 aromatic rings. The van der Waals surface area contributed by atoms with Gasteiger partial charge in [-0.25, -0.2) is 0 Å². The molecule has 0 saturated carbocycles. The lowest BCUT2D eigenvalue weighted by Crippen LogP contribution is -2.46. The minimum absolute atomic E-state index is 0.147. The van der Waals surface area contributed by atoms with Gasteiger partial charge in [0.15, 0.2) is 5.11 Å². The molecule has 1 aromatic heterocycles. The van der Waals surface area contributed by atoms with E-state index in [-0.39, 0.29) is 6.04 Å². The zero-order valence-corrected chi connectivity index (χ0v) is 19.5. The van der Waals surface area contributed by atoms with Crippen LogP contribution in [0.4, 0.5) is 0 Å². The third-order valence-electron chi connectivity index (χ3n) is 5.87. The number of aryl methyl sites for hydroxylation is 3. The van der Waals surface area contributed by atoms with Gasteiger partial charge in [0.1, 0.15) is 0 Å². The van der Waals surface area contributed by atoms with Crippen LogP contribution in [-0.2, 0) is 0 Å². The number of nitrogens with one attached hydrogen (secondary N) is 1. The van der Waals surface area contributed by atoms with E-state index in [0.29, 0.717) is 11.7 Å². The van der Waals surface area contributed by atoms with Crippen molar-refractivity contribution in [2.75, 3.05) is 6.54 Å². The Morgan fingerprint density at radius 3 is 2.45 bits per heavy atom. The number of benzene rings is 2. The topological polar surface area (TPSA) is 54.2 Å². The highest BCUT2D eigenvalue weighted by Crippen LogP contribution is 2.38. The van der Waals surface area contributed by atoms with Crippen LogP contribution in [0.2, 0.25) is 0 Å². The van der Waals surface area contributed by atoms with Gasteiger partial charge in [0.25, 0.3) is 5.89 Å². The van der Waals surface area contributed by atoms with Crippen molar-refractivity contribution in [1.82, 2.24) is 20.4 Å². The molecule has 31 heavy (non-hydrogen) atoms. The SMILES string of the molecule is CCCN1C(=S)NC(c2ccc(C)c(C)c2)C(c2nc(-c3ccc(C)cc3)no2)=C1C. The van der Waals surface area contributed by atoms with Crippen molar-refractivity contribution in [3.05, 3.63) is 76.3 Å². The average molecular weight is 433 g/mol. The molecule has 6 heteroatoms. The number of nitrogens with zero attached hydrogens (tertiary/aromatic N) is 3. The van der Waals surface area contributed by atoms with E-state index >= 15 is 0 Å². The van der Waals surface area contributed by atoms with Crippen LogP contribution < -0.4 is 5.32 Å². The first-order valence-corrected chi connectivity index (χ1v) is 11.1. The van der Waals surface area contributed by atoms with Crippen molar-refractivity contribution in [3.8, 4) is 11.4 Å². The van der Waals surface area contributed by atoms with Crippen molar-refractivity contribution in [2.24, 2.45) is 0 Å². The number of rotatable bonds is 5. The van der Waals surface area contributed by atoms with E-state index in [0.717, 1.165) is 40.5 Å². The molecule has 5 nitrogen and oxygen atoms in total. The van der Waals surface area contributed by atoms with Crippen molar-refractivity contribution < 1.29 is 4.52 Å². The molecule has 4 rings (SSSR count). The van der Waals surface area contributed by atoms with Gasteiger partial charge in [-0.1, -0.05) is 60.1 Å². The highest BCUT2D eigenvalue weighted by atomic mass is 32.1. The molecule has 1 aliphatic heterocycles. The summed E-state index contributed by atoms with van der Waals surface area (Å²) in [5.41, 5.74) is 7.78. The van der Waals surface area contributed by atoms with Crippen LogP contribution in [0.5, 0.6) is 0 Å². The van der Waals surface area contributed by atoms with E-state index in [1.165, 1.54) is 16.7 Å². The maximum Gasteiger partial charge on any atom is 0.258 e.